The van der Waals surface area contributed by atoms with Gasteiger partial charge < -0.3 is 0 Å². The molecule has 0 heterocycles. The van der Waals surface area contributed by atoms with Crippen LogP contribution in [0, 0.1) is 17.8 Å². The molecule has 14 heavy (non-hydrogen) atoms. The quantitative estimate of drug-likeness (QED) is 0.582. The van der Waals surface area contributed by atoms with Crippen molar-refractivity contribution in [3.8, 4) is 0 Å². The molecule has 0 amide bonds. The highest BCUT2D eigenvalue weighted by Gasteiger charge is 2.29. The fourth-order valence-electron chi connectivity index (χ4n) is 2.83. The summed E-state index contributed by atoms with van der Waals surface area (Å²) < 4.78 is 0. The minimum atomic E-state index is 0.527. The normalized spacial score (nSPS) is 35.8. The molecule has 0 bridgehead atoms. The van der Waals surface area contributed by atoms with E-state index in [0.29, 0.717) is 5.41 Å². The first-order valence-electron chi connectivity index (χ1n) is 6.53. The van der Waals surface area contributed by atoms with E-state index in [9.17, 15) is 0 Å². The summed E-state index contributed by atoms with van der Waals surface area (Å²) in [7, 11) is 0. The molecule has 1 radical (unpaired) electrons. The second-order valence-electron chi connectivity index (χ2n) is 5.33. The molecule has 2 unspecified atom stereocenters. The standard InChI is InChI=1S/C14H27/c1-4-11-14(3)12-9-7-5-6-8-10-13(14)2/h11,13H,4-10,12H2,1-3H3. The molecule has 2 atom stereocenters. The van der Waals surface area contributed by atoms with E-state index < -0.39 is 0 Å². The Morgan fingerprint density at radius 2 is 1.79 bits per heavy atom. The summed E-state index contributed by atoms with van der Waals surface area (Å²) in [5.74, 6) is 0.889. The molecular weight excluding hydrogens is 168 g/mol. The smallest absolute Gasteiger partial charge is 0.0269 e. The van der Waals surface area contributed by atoms with E-state index in [4.69, 9.17) is 0 Å². The van der Waals surface area contributed by atoms with Crippen LogP contribution in [0.5, 0.6) is 0 Å². The summed E-state index contributed by atoms with van der Waals surface area (Å²) >= 11 is 0. The molecule has 0 N–H and O–H groups in total. The monoisotopic (exact) mass is 195 g/mol. The van der Waals surface area contributed by atoms with Crippen LogP contribution in [0.2, 0.25) is 0 Å². The minimum absolute atomic E-state index is 0.527. The van der Waals surface area contributed by atoms with Gasteiger partial charge >= 0.3 is 0 Å². The van der Waals surface area contributed by atoms with E-state index in [1.54, 1.807) is 0 Å². The van der Waals surface area contributed by atoms with E-state index in [1.165, 1.54) is 51.4 Å². The third kappa shape index (κ3) is 3.29. The van der Waals surface area contributed by atoms with Crippen LogP contribution in [0.15, 0.2) is 0 Å². The van der Waals surface area contributed by atoms with Crippen LogP contribution in [0.1, 0.15) is 72.1 Å². The third-order valence-corrected chi connectivity index (χ3v) is 4.15. The Bertz CT molecular complexity index is 150. The molecule has 1 fully saturated rings. The van der Waals surface area contributed by atoms with Crippen LogP contribution in [-0.2, 0) is 0 Å². The van der Waals surface area contributed by atoms with Crippen molar-refractivity contribution in [2.45, 2.75) is 72.1 Å². The Labute approximate surface area is 90.5 Å². The Balaban J connectivity index is 2.56. The van der Waals surface area contributed by atoms with E-state index in [-0.39, 0.29) is 0 Å². The molecule has 0 heteroatoms. The third-order valence-electron chi connectivity index (χ3n) is 4.15. The van der Waals surface area contributed by atoms with Gasteiger partial charge in [-0.25, -0.2) is 0 Å². The fraction of sp³-hybridized carbons (Fsp3) is 0.929. The van der Waals surface area contributed by atoms with Crippen molar-refractivity contribution in [3.05, 3.63) is 6.42 Å². The van der Waals surface area contributed by atoms with Crippen LogP contribution < -0.4 is 0 Å². The Morgan fingerprint density at radius 1 is 1.14 bits per heavy atom. The van der Waals surface area contributed by atoms with Gasteiger partial charge in [0.1, 0.15) is 0 Å². The molecule has 0 saturated heterocycles. The average Bonchev–Trinajstić information content (AvgIpc) is 2.22. The highest BCUT2D eigenvalue weighted by molar-refractivity contribution is 4.92. The zero-order valence-electron chi connectivity index (χ0n) is 10.3. The van der Waals surface area contributed by atoms with Gasteiger partial charge in [0.15, 0.2) is 0 Å². The Morgan fingerprint density at radius 3 is 2.50 bits per heavy atom. The lowest BCUT2D eigenvalue weighted by molar-refractivity contribution is 0.209. The lowest BCUT2D eigenvalue weighted by Gasteiger charge is -2.35. The van der Waals surface area contributed by atoms with E-state index in [2.05, 4.69) is 27.2 Å². The molecule has 1 aliphatic carbocycles. The van der Waals surface area contributed by atoms with E-state index >= 15 is 0 Å². The van der Waals surface area contributed by atoms with Gasteiger partial charge in [0, 0.05) is 0 Å². The SMILES string of the molecule is CC[CH]C1(C)CCCCCCCC1C. The van der Waals surface area contributed by atoms with Gasteiger partial charge in [-0.15, -0.1) is 0 Å². The zero-order valence-corrected chi connectivity index (χ0v) is 10.3. The molecule has 1 saturated carbocycles. The van der Waals surface area contributed by atoms with Crippen LogP contribution in [-0.4, -0.2) is 0 Å². The lowest BCUT2D eigenvalue weighted by atomic mass is 9.70. The largest absolute Gasteiger partial charge is 0.0651 e. The van der Waals surface area contributed by atoms with Crippen molar-refractivity contribution >= 4 is 0 Å². The number of rotatable bonds is 2. The summed E-state index contributed by atoms with van der Waals surface area (Å²) in [5, 5.41) is 0. The maximum atomic E-state index is 2.57. The molecule has 0 aromatic heterocycles. The number of hydrogen-bond donors (Lipinski definition) is 0. The summed E-state index contributed by atoms with van der Waals surface area (Å²) in [5.41, 5.74) is 0.527. The van der Waals surface area contributed by atoms with Crippen molar-refractivity contribution in [3.63, 3.8) is 0 Å². The van der Waals surface area contributed by atoms with Crippen molar-refractivity contribution in [2.24, 2.45) is 11.3 Å². The highest BCUT2D eigenvalue weighted by atomic mass is 14.3. The molecule has 83 valence electrons. The van der Waals surface area contributed by atoms with Crippen molar-refractivity contribution in [1.82, 2.24) is 0 Å². The second kappa shape index (κ2) is 5.78. The minimum Gasteiger partial charge on any atom is -0.0651 e. The summed E-state index contributed by atoms with van der Waals surface area (Å²) in [4.78, 5) is 0. The number of hydrogen-bond acceptors (Lipinski definition) is 0. The van der Waals surface area contributed by atoms with Gasteiger partial charge in [0.05, 0.1) is 0 Å². The summed E-state index contributed by atoms with van der Waals surface area (Å²) in [6.07, 6.45) is 14.0. The molecular formula is C14H27. The van der Waals surface area contributed by atoms with Crippen molar-refractivity contribution < 1.29 is 0 Å². The lowest BCUT2D eigenvalue weighted by Crippen LogP contribution is -2.25. The van der Waals surface area contributed by atoms with Crippen LogP contribution in [0.25, 0.3) is 0 Å². The van der Waals surface area contributed by atoms with Gasteiger partial charge in [-0.05, 0) is 24.2 Å². The van der Waals surface area contributed by atoms with Gasteiger partial charge in [-0.1, -0.05) is 65.7 Å². The zero-order chi connectivity index (χ0) is 10.4. The molecule has 1 rings (SSSR count). The first-order valence-corrected chi connectivity index (χ1v) is 6.53. The Hall–Kier alpha value is 0. The molecule has 0 aromatic rings. The predicted molar refractivity (Wildman–Crippen MR) is 64.2 cm³/mol. The molecule has 1 aliphatic rings. The first kappa shape index (κ1) is 12.1. The summed E-state index contributed by atoms with van der Waals surface area (Å²) in [6.45, 7) is 7.22. The molecule has 0 spiro atoms. The van der Waals surface area contributed by atoms with Crippen molar-refractivity contribution in [1.29, 1.82) is 0 Å². The van der Waals surface area contributed by atoms with Gasteiger partial charge in [-0.3, -0.25) is 0 Å². The van der Waals surface area contributed by atoms with Crippen LogP contribution in [0.4, 0.5) is 0 Å². The van der Waals surface area contributed by atoms with Gasteiger partial charge in [0.2, 0.25) is 0 Å². The topological polar surface area (TPSA) is 0 Å². The van der Waals surface area contributed by atoms with Crippen molar-refractivity contribution in [2.75, 3.05) is 0 Å². The predicted octanol–water partition coefficient (Wildman–Crippen LogP) is 4.99. The maximum absolute atomic E-state index is 2.57. The highest BCUT2D eigenvalue weighted by Crippen LogP contribution is 2.40. The molecule has 0 nitrogen and oxygen atoms in total. The Kier molecular flexibility index (Phi) is 4.98. The van der Waals surface area contributed by atoms with Crippen LogP contribution in [0.3, 0.4) is 0 Å². The van der Waals surface area contributed by atoms with Gasteiger partial charge in [-0.2, -0.15) is 0 Å². The fourth-order valence-corrected chi connectivity index (χ4v) is 2.83. The maximum Gasteiger partial charge on any atom is -0.0269 e. The second-order valence-corrected chi connectivity index (χ2v) is 5.33. The van der Waals surface area contributed by atoms with E-state index in [0.717, 1.165) is 5.92 Å². The van der Waals surface area contributed by atoms with Gasteiger partial charge in [0.25, 0.3) is 0 Å². The van der Waals surface area contributed by atoms with E-state index in [1.807, 2.05) is 0 Å². The summed E-state index contributed by atoms with van der Waals surface area (Å²) in [6, 6.07) is 0. The van der Waals surface area contributed by atoms with Crippen LogP contribution >= 0.6 is 0 Å². The molecule has 0 aromatic carbocycles. The molecule has 0 aliphatic heterocycles. The first-order chi connectivity index (χ1) is 6.69. The average molecular weight is 195 g/mol.